The van der Waals surface area contributed by atoms with E-state index in [0.717, 1.165) is 42.2 Å². The monoisotopic (exact) mass is 436 g/mol. The zero-order valence-corrected chi connectivity index (χ0v) is 17.7. The fraction of sp³-hybridized carbons (Fsp3) is 0.400. The van der Waals surface area contributed by atoms with Gasteiger partial charge in [0.05, 0.1) is 17.1 Å². The standard InChI is InChI=1S/C20H21ClN2O5S/c1-3-11-5-7-14-16(9-11)29-19(17(14)20(25)28-4-2)22-18(24)13-8-6-12(21)10-15(13)23(26)27/h6,8,10-11H,3-5,7,9H2,1-2H3,(H,22,24)/t11-/m1/s1. The molecule has 29 heavy (non-hydrogen) atoms. The Labute approximate surface area is 177 Å². The summed E-state index contributed by atoms with van der Waals surface area (Å²) in [5.41, 5.74) is 0.775. The third-order valence-corrected chi connectivity index (χ3v) is 6.46. The van der Waals surface area contributed by atoms with Crippen molar-refractivity contribution in [3.8, 4) is 0 Å². The number of hydrogen-bond donors (Lipinski definition) is 1. The number of nitro groups is 1. The van der Waals surface area contributed by atoms with Crippen molar-refractivity contribution in [2.24, 2.45) is 5.92 Å². The van der Waals surface area contributed by atoms with Crippen molar-refractivity contribution in [2.75, 3.05) is 11.9 Å². The fourth-order valence-corrected chi connectivity index (χ4v) is 5.04. The summed E-state index contributed by atoms with van der Waals surface area (Å²) >= 11 is 7.18. The summed E-state index contributed by atoms with van der Waals surface area (Å²) in [6.07, 6.45) is 3.61. The van der Waals surface area contributed by atoms with Crippen LogP contribution in [0.4, 0.5) is 10.7 Å². The van der Waals surface area contributed by atoms with E-state index in [9.17, 15) is 19.7 Å². The molecule has 9 heteroatoms. The summed E-state index contributed by atoms with van der Waals surface area (Å²) in [6.45, 7) is 4.08. The summed E-state index contributed by atoms with van der Waals surface area (Å²) in [5, 5.41) is 14.6. The Bertz CT molecular complexity index is 972. The quantitative estimate of drug-likeness (QED) is 0.378. The molecule has 0 unspecified atom stereocenters. The Morgan fingerprint density at radius 1 is 1.38 bits per heavy atom. The molecule has 7 nitrogen and oxygen atoms in total. The molecule has 1 atom stereocenters. The van der Waals surface area contributed by atoms with Gasteiger partial charge in [0.25, 0.3) is 11.6 Å². The molecule has 3 rings (SSSR count). The van der Waals surface area contributed by atoms with E-state index in [1.165, 1.54) is 23.5 Å². The molecule has 0 saturated carbocycles. The molecule has 1 N–H and O–H groups in total. The molecule has 0 aliphatic heterocycles. The number of hydrogen-bond acceptors (Lipinski definition) is 6. The van der Waals surface area contributed by atoms with Crippen LogP contribution < -0.4 is 5.32 Å². The number of carbonyl (C=O) groups excluding carboxylic acids is 2. The molecule has 2 aromatic rings. The van der Waals surface area contributed by atoms with Crippen LogP contribution in [0.15, 0.2) is 18.2 Å². The first-order valence-electron chi connectivity index (χ1n) is 9.42. The third-order valence-electron chi connectivity index (χ3n) is 5.05. The zero-order valence-electron chi connectivity index (χ0n) is 16.1. The van der Waals surface area contributed by atoms with E-state index >= 15 is 0 Å². The van der Waals surface area contributed by atoms with Gasteiger partial charge in [-0.05, 0) is 49.8 Å². The van der Waals surface area contributed by atoms with Crippen LogP contribution in [0, 0.1) is 16.0 Å². The number of carbonyl (C=O) groups is 2. The van der Waals surface area contributed by atoms with Gasteiger partial charge in [0.2, 0.25) is 0 Å². The van der Waals surface area contributed by atoms with E-state index in [1.807, 2.05) is 0 Å². The topological polar surface area (TPSA) is 98.5 Å². The Hall–Kier alpha value is -2.45. The molecule has 0 spiro atoms. The minimum atomic E-state index is -0.662. The van der Waals surface area contributed by atoms with Crippen LogP contribution in [0.5, 0.6) is 0 Å². The average molecular weight is 437 g/mol. The maximum atomic E-state index is 12.8. The highest BCUT2D eigenvalue weighted by atomic mass is 35.5. The normalized spacial score (nSPS) is 15.5. The number of ether oxygens (including phenoxy) is 1. The van der Waals surface area contributed by atoms with Crippen LogP contribution in [0.1, 0.15) is 57.8 Å². The lowest BCUT2D eigenvalue weighted by Crippen LogP contribution is -2.17. The number of benzene rings is 1. The molecule has 154 valence electrons. The molecule has 0 bridgehead atoms. The molecule has 0 fully saturated rings. The van der Waals surface area contributed by atoms with E-state index in [4.69, 9.17) is 16.3 Å². The van der Waals surface area contributed by atoms with Gasteiger partial charge in [-0.3, -0.25) is 14.9 Å². The Morgan fingerprint density at radius 3 is 2.79 bits per heavy atom. The van der Waals surface area contributed by atoms with Crippen molar-refractivity contribution in [3.63, 3.8) is 0 Å². The average Bonchev–Trinajstić information content (AvgIpc) is 3.04. The lowest BCUT2D eigenvalue weighted by molar-refractivity contribution is -0.385. The summed E-state index contributed by atoms with van der Waals surface area (Å²) in [7, 11) is 0. The smallest absolute Gasteiger partial charge is 0.341 e. The largest absolute Gasteiger partial charge is 0.462 e. The fourth-order valence-electron chi connectivity index (χ4n) is 3.53. The zero-order chi connectivity index (χ0) is 21.1. The SMILES string of the molecule is CCOC(=O)c1c(NC(=O)c2ccc(Cl)cc2[N+](=O)[O-])sc2c1CC[C@@H](CC)C2. The first-order chi connectivity index (χ1) is 13.8. The molecule has 0 saturated heterocycles. The number of nitrogens with one attached hydrogen (secondary N) is 1. The van der Waals surface area contributed by atoms with Crippen molar-refractivity contribution in [3.05, 3.63) is 54.9 Å². The van der Waals surface area contributed by atoms with Crippen molar-refractivity contribution >= 4 is 45.5 Å². The first kappa shape index (κ1) is 21.3. The van der Waals surface area contributed by atoms with E-state index in [0.29, 0.717) is 16.5 Å². The second-order valence-corrected chi connectivity index (χ2v) is 8.36. The molecule has 1 aliphatic rings. The molecule has 1 aromatic carbocycles. The maximum Gasteiger partial charge on any atom is 0.341 e. The second kappa shape index (κ2) is 8.92. The van der Waals surface area contributed by atoms with Gasteiger partial charge >= 0.3 is 5.97 Å². The van der Waals surface area contributed by atoms with Gasteiger partial charge in [-0.2, -0.15) is 0 Å². The number of halogens is 1. The predicted molar refractivity (Wildman–Crippen MR) is 112 cm³/mol. The van der Waals surface area contributed by atoms with Gasteiger partial charge in [0, 0.05) is 16.0 Å². The van der Waals surface area contributed by atoms with Gasteiger partial charge in [-0.25, -0.2) is 4.79 Å². The van der Waals surface area contributed by atoms with Crippen molar-refractivity contribution in [1.82, 2.24) is 0 Å². The van der Waals surface area contributed by atoms with Crippen molar-refractivity contribution in [2.45, 2.75) is 39.5 Å². The van der Waals surface area contributed by atoms with Crippen molar-refractivity contribution in [1.29, 1.82) is 0 Å². The van der Waals surface area contributed by atoms with Gasteiger partial charge in [-0.1, -0.05) is 24.9 Å². The highest BCUT2D eigenvalue weighted by molar-refractivity contribution is 7.17. The van der Waals surface area contributed by atoms with Gasteiger partial charge in [0.1, 0.15) is 10.6 Å². The van der Waals surface area contributed by atoms with Crippen LogP contribution in [0.25, 0.3) is 0 Å². The Morgan fingerprint density at radius 2 is 2.14 bits per heavy atom. The summed E-state index contributed by atoms with van der Waals surface area (Å²) in [6, 6.07) is 3.86. The van der Waals surface area contributed by atoms with Crippen LogP contribution in [-0.2, 0) is 17.6 Å². The summed E-state index contributed by atoms with van der Waals surface area (Å²) in [4.78, 5) is 37.1. The molecular weight excluding hydrogens is 416 g/mol. The van der Waals surface area contributed by atoms with Crippen molar-refractivity contribution < 1.29 is 19.2 Å². The lowest BCUT2D eigenvalue weighted by atomic mass is 9.85. The number of fused-ring (bicyclic) bond motifs is 1. The van der Waals surface area contributed by atoms with Crippen LogP contribution in [0.2, 0.25) is 5.02 Å². The maximum absolute atomic E-state index is 12.8. The molecule has 1 aromatic heterocycles. The Kier molecular flexibility index (Phi) is 6.54. The molecule has 1 aliphatic carbocycles. The number of anilines is 1. The van der Waals surface area contributed by atoms with E-state index < -0.39 is 16.8 Å². The highest BCUT2D eigenvalue weighted by Crippen LogP contribution is 2.41. The van der Waals surface area contributed by atoms with E-state index in [-0.39, 0.29) is 22.9 Å². The van der Waals surface area contributed by atoms with Gasteiger partial charge < -0.3 is 10.1 Å². The number of amides is 1. The number of thiophene rings is 1. The van der Waals surface area contributed by atoms with Crippen LogP contribution >= 0.6 is 22.9 Å². The molecule has 1 amide bonds. The molecule has 0 radical (unpaired) electrons. The van der Waals surface area contributed by atoms with Crippen LogP contribution in [-0.4, -0.2) is 23.4 Å². The predicted octanol–water partition coefficient (Wildman–Crippen LogP) is 5.25. The third kappa shape index (κ3) is 4.43. The number of nitrogens with zero attached hydrogens (tertiary/aromatic N) is 1. The highest BCUT2D eigenvalue weighted by Gasteiger charge is 2.31. The second-order valence-electron chi connectivity index (χ2n) is 6.82. The van der Waals surface area contributed by atoms with Crippen LogP contribution in [0.3, 0.4) is 0 Å². The number of nitro benzene ring substituents is 1. The van der Waals surface area contributed by atoms with Gasteiger partial charge in [-0.15, -0.1) is 11.3 Å². The Balaban J connectivity index is 1.99. The van der Waals surface area contributed by atoms with E-state index in [1.54, 1.807) is 6.92 Å². The minimum absolute atomic E-state index is 0.119. The summed E-state index contributed by atoms with van der Waals surface area (Å²) in [5.74, 6) is -0.609. The number of rotatable bonds is 6. The minimum Gasteiger partial charge on any atom is -0.462 e. The van der Waals surface area contributed by atoms with Gasteiger partial charge in [0.15, 0.2) is 0 Å². The summed E-state index contributed by atoms with van der Waals surface area (Å²) < 4.78 is 5.20. The van der Waals surface area contributed by atoms with E-state index in [2.05, 4.69) is 12.2 Å². The first-order valence-corrected chi connectivity index (χ1v) is 10.6. The molecular formula is C20H21ClN2O5S. The lowest BCUT2D eigenvalue weighted by Gasteiger charge is -2.20. The molecule has 1 heterocycles. The number of esters is 1.